The average molecular weight is 471 g/mol. The minimum Gasteiger partial charge on any atom is -0.206 e. The molecule has 0 N–H and O–H groups in total. The first kappa shape index (κ1) is 25.4. The molecule has 0 saturated carbocycles. The van der Waals surface area contributed by atoms with Crippen molar-refractivity contribution < 1.29 is 22.0 Å². The number of rotatable bonds is 9. The molecule has 5 heteroatoms. The van der Waals surface area contributed by atoms with Crippen LogP contribution in [0.5, 0.6) is 0 Å². The van der Waals surface area contributed by atoms with Gasteiger partial charge in [-0.2, -0.15) is 13.2 Å². The van der Waals surface area contributed by atoms with Gasteiger partial charge in [-0.15, -0.1) is 0 Å². The zero-order valence-corrected chi connectivity index (χ0v) is 19.0. The summed E-state index contributed by atoms with van der Waals surface area (Å²) in [6.07, 6.45) is 4.84. The van der Waals surface area contributed by atoms with Crippen LogP contribution in [-0.2, 0) is 6.42 Å². The van der Waals surface area contributed by atoms with Gasteiger partial charge in [-0.1, -0.05) is 86.9 Å². The van der Waals surface area contributed by atoms with E-state index >= 15 is 0 Å². The second-order valence-corrected chi connectivity index (χ2v) is 8.24. The highest BCUT2D eigenvalue weighted by molar-refractivity contribution is 5.73. The van der Waals surface area contributed by atoms with E-state index in [1.165, 1.54) is 37.3 Å². The van der Waals surface area contributed by atoms with Crippen molar-refractivity contribution in [3.8, 4) is 11.1 Å². The molecule has 0 nitrogen and oxygen atoms in total. The van der Waals surface area contributed by atoms with Crippen molar-refractivity contribution in [2.45, 2.75) is 45.2 Å². The number of hydrogen-bond donors (Lipinski definition) is 0. The Kier molecular flexibility index (Phi) is 8.80. The van der Waals surface area contributed by atoms with Gasteiger partial charge in [0.25, 0.3) is 0 Å². The fourth-order valence-corrected chi connectivity index (χ4v) is 3.64. The van der Waals surface area contributed by atoms with Gasteiger partial charge < -0.3 is 0 Å². The van der Waals surface area contributed by atoms with E-state index in [9.17, 15) is 22.0 Å². The van der Waals surface area contributed by atoms with E-state index < -0.39 is 23.4 Å². The van der Waals surface area contributed by atoms with Gasteiger partial charge in [0.2, 0.25) is 0 Å². The minimum absolute atomic E-state index is 0.188. The third-order valence-corrected chi connectivity index (χ3v) is 5.53. The molecule has 0 saturated heterocycles. The first-order valence-corrected chi connectivity index (χ1v) is 11.4. The van der Waals surface area contributed by atoms with Gasteiger partial charge in [0.05, 0.1) is 0 Å². The zero-order chi connectivity index (χ0) is 24.6. The van der Waals surface area contributed by atoms with Crippen LogP contribution in [0.2, 0.25) is 0 Å². The lowest BCUT2D eigenvalue weighted by atomic mass is 10.00. The molecular formula is C29H27F5. The van der Waals surface area contributed by atoms with Crippen LogP contribution in [0.3, 0.4) is 0 Å². The summed E-state index contributed by atoms with van der Waals surface area (Å²) in [5.41, 5.74) is 3.84. The van der Waals surface area contributed by atoms with Crippen LogP contribution in [0.4, 0.5) is 22.0 Å². The molecule has 0 aliphatic heterocycles. The Hall–Kier alpha value is -3.21. The van der Waals surface area contributed by atoms with E-state index in [-0.39, 0.29) is 11.6 Å². The topological polar surface area (TPSA) is 0 Å². The molecule has 0 aliphatic carbocycles. The molecule has 178 valence electrons. The van der Waals surface area contributed by atoms with Crippen LogP contribution in [0, 0.1) is 11.6 Å². The van der Waals surface area contributed by atoms with Crippen molar-refractivity contribution >= 4 is 18.2 Å². The van der Waals surface area contributed by atoms with Gasteiger partial charge >= 0.3 is 6.18 Å². The van der Waals surface area contributed by atoms with Crippen LogP contribution in [0.1, 0.15) is 54.9 Å². The molecule has 0 amide bonds. The molecule has 0 unspecified atom stereocenters. The van der Waals surface area contributed by atoms with Crippen molar-refractivity contribution in [1.29, 1.82) is 0 Å². The highest BCUT2D eigenvalue weighted by Crippen LogP contribution is 2.24. The SMILES string of the molecule is CCCCCCc1ccc(-c2ccc(C=Cc3cc(F)c(C=CC(F)(F)F)c(F)c3)cc2)cc1. The first-order chi connectivity index (χ1) is 16.2. The number of halogens is 5. The molecule has 0 radical (unpaired) electrons. The van der Waals surface area contributed by atoms with Gasteiger partial charge in [0.15, 0.2) is 0 Å². The van der Waals surface area contributed by atoms with Gasteiger partial charge in [-0.05, 0) is 58.9 Å². The summed E-state index contributed by atoms with van der Waals surface area (Å²) in [5, 5.41) is 0. The molecule has 0 fully saturated rings. The van der Waals surface area contributed by atoms with Crippen molar-refractivity contribution in [1.82, 2.24) is 0 Å². The predicted octanol–water partition coefficient (Wildman–Crippen LogP) is 9.50. The molecule has 0 atom stereocenters. The lowest BCUT2D eigenvalue weighted by Crippen LogP contribution is -2.01. The first-order valence-electron chi connectivity index (χ1n) is 11.4. The number of benzene rings is 3. The monoisotopic (exact) mass is 470 g/mol. The van der Waals surface area contributed by atoms with Crippen molar-refractivity contribution in [2.75, 3.05) is 0 Å². The number of unbranched alkanes of at least 4 members (excludes halogenated alkanes) is 3. The van der Waals surface area contributed by atoms with Gasteiger partial charge in [-0.3, -0.25) is 0 Å². The Morgan fingerprint density at radius 1 is 0.676 bits per heavy atom. The maximum atomic E-state index is 14.1. The molecule has 34 heavy (non-hydrogen) atoms. The summed E-state index contributed by atoms with van der Waals surface area (Å²) in [7, 11) is 0. The third kappa shape index (κ3) is 7.68. The number of alkyl halides is 3. The number of allylic oxidation sites excluding steroid dienone is 1. The highest BCUT2D eigenvalue weighted by Gasteiger charge is 2.22. The summed E-state index contributed by atoms with van der Waals surface area (Å²) in [6, 6.07) is 18.3. The van der Waals surface area contributed by atoms with Gasteiger partial charge in [-0.25, -0.2) is 8.78 Å². The molecule has 0 spiro atoms. The second kappa shape index (κ2) is 11.8. The van der Waals surface area contributed by atoms with Gasteiger partial charge in [0, 0.05) is 11.6 Å². The van der Waals surface area contributed by atoms with Crippen LogP contribution < -0.4 is 0 Å². The smallest absolute Gasteiger partial charge is 0.206 e. The Labute approximate surface area is 197 Å². The summed E-state index contributed by atoms with van der Waals surface area (Å²) < 4.78 is 65.0. The summed E-state index contributed by atoms with van der Waals surface area (Å²) in [6.45, 7) is 2.20. The Bertz CT molecular complexity index is 1100. The Balaban J connectivity index is 1.65. The van der Waals surface area contributed by atoms with Crippen molar-refractivity contribution in [3.63, 3.8) is 0 Å². The predicted molar refractivity (Wildman–Crippen MR) is 130 cm³/mol. The van der Waals surface area contributed by atoms with Crippen LogP contribution in [-0.4, -0.2) is 6.18 Å². The molecule has 0 aliphatic rings. The van der Waals surface area contributed by atoms with Gasteiger partial charge in [0.1, 0.15) is 11.6 Å². The molecule has 3 aromatic rings. The normalized spacial score (nSPS) is 12.2. The number of aryl methyl sites for hydroxylation is 1. The van der Waals surface area contributed by atoms with Crippen molar-refractivity contribution in [3.05, 3.63) is 101 Å². The summed E-state index contributed by atoms with van der Waals surface area (Å²) >= 11 is 0. The van der Waals surface area contributed by atoms with Crippen LogP contribution in [0.25, 0.3) is 29.4 Å². The molecule has 3 aromatic carbocycles. The van der Waals surface area contributed by atoms with Crippen molar-refractivity contribution in [2.24, 2.45) is 0 Å². The third-order valence-electron chi connectivity index (χ3n) is 5.53. The molecule has 0 heterocycles. The van der Waals surface area contributed by atoms with Crippen LogP contribution in [0.15, 0.2) is 66.7 Å². The van der Waals surface area contributed by atoms with E-state index in [0.717, 1.165) is 35.2 Å². The maximum Gasteiger partial charge on any atom is 0.409 e. The van der Waals surface area contributed by atoms with E-state index in [4.69, 9.17) is 0 Å². The molecule has 0 bridgehead atoms. The van der Waals surface area contributed by atoms with E-state index in [0.29, 0.717) is 6.08 Å². The standard InChI is InChI=1S/C29H27F5/c1-2-3-4-5-6-21-9-13-24(14-10-21)25-15-11-22(12-16-25)7-8-23-19-27(30)26(28(31)20-23)17-18-29(32,33)34/h7-20H,2-6H2,1H3. The Morgan fingerprint density at radius 2 is 1.24 bits per heavy atom. The second-order valence-electron chi connectivity index (χ2n) is 8.24. The largest absolute Gasteiger partial charge is 0.409 e. The van der Waals surface area contributed by atoms with Crippen LogP contribution >= 0.6 is 0 Å². The zero-order valence-electron chi connectivity index (χ0n) is 19.0. The lowest BCUT2D eigenvalue weighted by Gasteiger charge is -2.06. The Morgan fingerprint density at radius 3 is 1.79 bits per heavy atom. The fourth-order valence-electron chi connectivity index (χ4n) is 3.64. The maximum absolute atomic E-state index is 14.1. The summed E-state index contributed by atoms with van der Waals surface area (Å²) in [5.74, 6) is -2.10. The summed E-state index contributed by atoms with van der Waals surface area (Å²) in [4.78, 5) is 0. The minimum atomic E-state index is -4.64. The average Bonchev–Trinajstić information content (AvgIpc) is 2.80. The van der Waals surface area contributed by atoms with E-state index in [1.54, 1.807) is 6.08 Å². The lowest BCUT2D eigenvalue weighted by molar-refractivity contribution is -0.0790. The molecule has 3 rings (SSSR count). The highest BCUT2D eigenvalue weighted by atomic mass is 19.4. The molecule has 0 aromatic heterocycles. The molecular weight excluding hydrogens is 443 g/mol. The fraction of sp³-hybridized carbons (Fsp3) is 0.241. The van der Waals surface area contributed by atoms with E-state index in [2.05, 4.69) is 31.2 Å². The van der Waals surface area contributed by atoms with E-state index in [1.807, 2.05) is 24.3 Å². The quantitative estimate of drug-likeness (QED) is 0.166. The number of hydrogen-bond acceptors (Lipinski definition) is 0.